The molecule has 0 radical (unpaired) electrons. The van der Waals surface area contributed by atoms with Gasteiger partial charge >= 0.3 is 0 Å². The van der Waals surface area contributed by atoms with Crippen LogP contribution in [0.5, 0.6) is 0 Å². The van der Waals surface area contributed by atoms with Gasteiger partial charge in [0.2, 0.25) is 0 Å². The van der Waals surface area contributed by atoms with Gasteiger partial charge in [-0.25, -0.2) is 4.98 Å². The van der Waals surface area contributed by atoms with E-state index in [1.165, 1.54) is 27.8 Å². The Bertz CT molecular complexity index is 783. The smallest absolute Gasteiger partial charge is 0.129 e. The zero-order valence-electron chi connectivity index (χ0n) is 11.9. The summed E-state index contributed by atoms with van der Waals surface area (Å²) in [6.07, 6.45) is 0. The maximum atomic E-state index is 5.93. The van der Waals surface area contributed by atoms with E-state index in [0.717, 1.165) is 10.9 Å². The molecule has 0 N–H and O–H groups in total. The Kier molecular flexibility index (Phi) is 3.23. The number of nitrogens with zero attached hydrogens (tertiary/aromatic N) is 1. The van der Waals surface area contributed by atoms with Crippen LogP contribution in [0.2, 0.25) is 5.15 Å². The van der Waals surface area contributed by atoms with E-state index in [0.29, 0.717) is 5.15 Å². The second-order valence-corrected chi connectivity index (χ2v) is 5.70. The van der Waals surface area contributed by atoms with E-state index in [4.69, 9.17) is 11.6 Å². The molecule has 0 atom stereocenters. The summed E-state index contributed by atoms with van der Waals surface area (Å²) in [7, 11) is 0. The lowest BCUT2D eigenvalue weighted by Gasteiger charge is -2.12. The third-order valence-electron chi connectivity index (χ3n) is 3.62. The molecule has 0 aliphatic heterocycles. The van der Waals surface area contributed by atoms with Crippen LogP contribution in [-0.2, 0) is 0 Å². The molecule has 0 bridgehead atoms. The summed E-state index contributed by atoms with van der Waals surface area (Å²) in [5.74, 6) is 0. The molecule has 1 aromatic heterocycles. The molecule has 0 aliphatic carbocycles. The summed E-state index contributed by atoms with van der Waals surface area (Å²) in [6, 6.07) is 14.7. The molecule has 2 heteroatoms. The lowest BCUT2D eigenvalue weighted by molar-refractivity contribution is 1.32. The first kappa shape index (κ1) is 13.1. The fourth-order valence-electron chi connectivity index (χ4n) is 2.89. The van der Waals surface area contributed by atoms with E-state index in [1.54, 1.807) is 0 Å². The largest absolute Gasteiger partial charge is 0.236 e. The standard InChI is InChI=1S/C18H16ClN/c1-11-8-12(2)18(13(3)9-11)15-4-6-16-14(10-15)5-7-17(19)20-16/h4-10H,1-3H3. The van der Waals surface area contributed by atoms with Crippen molar-refractivity contribution in [3.05, 3.63) is 64.3 Å². The van der Waals surface area contributed by atoms with Crippen molar-refractivity contribution in [2.75, 3.05) is 0 Å². The molecule has 0 fully saturated rings. The van der Waals surface area contributed by atoms with Crippen molar-refractivity contribution in [1.82, 2.24) is 4.98 Å². The summed E-state index contributed by atoms with van der Waals surface area (Å²) < 4.78 is 0. The normalized spacial score (nSPS) is 11.0. The Hall–Kier alpha value is -1.86. The van der Waals surface area contributed by atoms with Crippen LogP contribution >= 0.6 is 11.6 Å². The van der Waals surface area contributed by atoms with Crippen LogP contribution < -0.4 is 0 Å². The third kappa shape index (κ3) is 2.30. The first-order chi connectivity index (χ1) is 9.54. The number of rotatable bonds is 1. The fourth-order valence-corrected chi connectivity index (χ4v) is 3.05. The Balaban J connectivity index is 2.23. The number of hydrogen-bond donors (Lipinski definition) is 0. The maximum absolute atomic E-state index is 5.93. The second kappa shape index (κ2) is 4.92. The third-order valence-corrected chi connectivity index (χ3v) is 3.83. The topological polar surface area (TPSA) is 12.9 Å². The molecule has 3 aromatic rings. The summed E-state index contributed by atoms with van der Waals surface area (Å²) >= 11 is 5.93. The van der Waals surface area contributed by atoms with Crippen molar-refractivity contribution >= 4 is 22.5 Å². The minimum absolute atomic E-state index is 0.535. The van der Waals surface area contributed by atoms with Gasteiger partial charge in [-0.05, 0) is 67.3 Å². The van der Waals surface area contributed by atoms with Gasteiger partial charge < -0.3 is 0 Å². The molecule has 1 heterocycles. The molecule has 0 saturated carbocycles. The van der Waals surface area contributed by atoms with Gasteiger partial charge in [-0.2, -0.15) is 0 Å². The highest BCUT2D eigenvalue weighted by Crippen LogP contribution is 2.30. The van der Waals surface area contributed by atoms with Crippen molar-refractivity contribution in [3.63, 3.8) is 0 Å². The van der Waals surface area contributed by atoms with Crippen molar-refractivity contribution in [3.8, 4) is 11.1 Å². The van der Waals surface area contributed by atoms with Gasteiger partial charge in [-0.3, -0.25) is 0 Å². The van der Waals surface area contributed by atoms with E-state index < -0.39 is 0 Å². The molecule has 1 nitrogen and oxygen atoms in total. The van der Waals surface area contributed by atoms with Gasteiger partial charge in [-0.1, -0.05) is 35.4 Å². The SMILES string of the molecule is Cc1cc(C)c(-c2ccc3nc(Cl)ccc3c2)c(C)c1. The maximum Gasteiger partial charge on any atom is 0.129 e. The van der Waals surface area contributed by atoms with Gasteiger partial charge in [0.15, 0.2) is 0 Å². The Morgan fingerprint density at radius 1 is 0.850 bits per heavy atom. The van der Waals surface area contributed by atoms with Crippen LogP contribution in [0, 0.1) is 20.8 Å². The van der Waals surface area contributed by atoms with E-state index in [9.17, 15) is 0 Å². The van der Waals surface area contributed by atoms with Crippen molar-refractivity contribution < 1.29 is 0 Å². The number of hydrogen-bond acceptors (Lipinski definition) is 1. The molecule has 2 aromatic carbocycles. The van der Waals surface area contributed by atoms with Crippen LogP contribution in [0.3, 0.4) is 0 Å². The van der Waals surface area contributed by atoms with Gasteiger partial charge in [0.1, 0.15) is 5.15 Å². The molecule has 3 rings (SSSR count). The van der Waals surface area contributed by atoms with Crippen molar-refractivity contribution in [1.29, 1.82) is 0 Å². The molecule has 0 saturated heterocycles. The zero-order chi connectivity index (χ0) is 14.3. The molecule has 0 aliphatic rings. The Labute approximate surface area is 124 Å². The van der Waals surface area contributed by atoms with Gasteiger partial charge in [0, 0.05) is 5.39 Å². The fraction of sp³-hybridized carbons (Fsp3) is 0.167. The van der Waals surface area contributed by atoms with Crippen LogP contribution in [0.1, 0.15) is 16.7 Å². The first-order valence-electron chi connectivity index (χ1n) is 6.69. The zero-order valence-corrected chi connectivity index (χ0v) is 12.6. The van der Waals surface area contributed by atoms with Gasteiger partial charge in [0.25, 0.3) is 0 Å². The predicted molar refractivity (Wildman–Crippen MR) is 86.4 cm³/mol. The average Bonchev–Trinajstić information content (AvgIpc) is 2.37. The number of aromatic nitrogens is 1. The molecular weight excluding hydrogens is 266 g/mol. The lowest BCUT2D eigenvalue weighted by atomic mass is 9.93. The minimum Gasteiger partial charge on any atom is -0.236 e. The first-order valence-corrected chi connectivity index (χ1v) is 7.07. The number of benzene rings is 2. The molecular formula is C18H16ClN. The molecule has 0 amide bonds. The Morgan fingerprint density at radius 2 is 1.55 bits per heavy atom. The minimum atomic E-state index is 0.535. The highest BCUT2D eigenvalue weighted by atomic mass is 35.5. The van der Waals surface area contributed by atoms with E-state index in [1.807, 2.05) is 18.2 Å². The molecule has 20 heavy (non-hydrogen) atoms. The molecule has 0 spiro atoms. The van der Waals surface area contributed by atoms with E-state index in [2.05, 4.69) is 50.0 Å². The summed E-state index contributed by atoms with van der Waals surface area (Å²) in [6.45, 7) is 6.47. The Morgan fingerprint density at radius 3 is 2.25 bits per heavy atom. The summed E-state index contributed by atoms with van der Waals surface area (Å²) in [5.41, 5.74) is 7.40. The van der Waals surface area contributed by atoms with Crippen LogP contribution in [0.25, 0.3) is 22.0 Å². The predicted octanol–water partition coefficient (Wildman–Crippen LogP) is 5.48. The van der Waals surface area contributed by atoms with Gasteiger partial charge in [0.05, 0.1) is 5.52 Å². The highest BCUT2D eigenvalue weighted by Gasteiger charge is 2.08. The average molecular weight is 282 g/mol. The number of halogens is 1. The van der Waals surface area contributed by atoms with Crippen molar-refractivity contribution in [2.24, 2.45) is 0 Å². The van der Waals surface area contributed by atoms with E-state index >= 15 is 0 Å². The van der Waals surface area contributed by atoms with Gasteiger partial charge in [-0.15, -0.1) is 0 Å². The molecule has 100 valence electrons. The van der Waals surface area contributed by atoms with Crippen molar-refractivity contribution in [2.45, 2.75) is 20.8 Å². The number of fused-ring (bicyclic) bond motifs is 1. The quantitative estimate of drug-likeness (QED) is 0.538. The number of pyridine rings is 1. The summed E-state index contributed by atoms with van der Waals surface area (Å²) in [4.78, 5) is 4.33. The van der Waals surface area contributed by atoms with Crippen LogP contribution in [0.15, 0.2) is 42.5 Å². The van der Waals surface area contributed by atoms with E-state index in [-0.39, 0.29) is 0 Å². The monoisotopic (exact) mass is 281 g/mol. The second-order valence-electron chi connectivity index (χ2n) is 5.32. The number of aryl methyl sites for hydroxylation is 3. The summed E-state index contributed by atoms with van der Waals surface area (Å²) in [5, 5.41) is 1.65. The highest BCUT2D eigenvalue weighted by molar-refractivity contribution is 6.29. The lowest BCUT2D eigenvalue weighted by Crippen LogP contribution is -1.90. The van der Waals surface area contributed by atoms with Crippen LogP contribution in [0.4, 0.5) is 0 Å². The van der Waals surface area contributed by atoms with Crippen LogP contribution in [-0.4, -0.2) is 4.98 Å². The molecule has 0 unspecified atom stereocenters.